The van der Waals surface area contributed by atoms with E-state index in [2.05, 4.69) is 10.5 Å². The number of hydrogen-bond donors (Lipinski definition) is 1. The first-order chi connectivity index (χ1) is 5.33. The van der Waals surface area contributed by atoms with Crippen LogP contribution in [0.2, 0.25) is 0 Å². The van der Waals surface area contributed by atoms with Crippen molar-refractivity contribution in [3.05, 3.63) is 35.6 Å². The SMILES string of the molecule is CNN=Cc1ccc(F)cc1. The van der Waals surface area contributed by atoms with Crippen LogP contribution in [-0.4, -0.2) is 13.3 Å². The highest BCUT2D eigenvalue weighted by Crippen LogP contribution is 1.99. The Labute approximate surface area is 64.7 Å². The van der Waals surface area contributed by atoms with Gasteiger partial charge in [-0.15, -0.1) is 0 Å². The summed E-state index contributed by atoms with van der Waals surface area (Å²) in [6.07, 6.45) is 1.62. The lowest BCUT2D eigenvalue weighted by Crippen LogP contribution is -1.94. The van der Waals surface area contributed by atoms with Gasteiger partial charge in [-0.25, -0.2) is 4.39 Å². The maximum Gasteiger partial charge on any atom is 0.123 e. The summed E-state index contributed by atoms with van der Waals surface area (Å²) in [7, 11) is 1.71. The van der Waals surface area contributed by atoms with Crippen LogP contribution >= 0.6 is 0 Å². The summed E-state index contributed by atoms with van der Waals surface area (Å²) in [4.78, 5) is 0. The fourth-order valence-corrected chi connectivity index (χ4v) is 0.688. The monoisotopic (exact) mass is 152 g/mol. The van der Waals surface area contributed by atoms with Gasteiger partial charge in [0.1, 0.15) is 5.82 Å². The molecule has 3 heteroatoms. The third kappa shape index (κ3) is 2.37. The van der Waals surface area contributed by atoms with Crippen molar-refractivity contribution in [2.24, 2.45) is 5.10 Å². The molecule has 0 aliphatic rings. The van der Waals surface area contributed by atoms with Gasteiger partial charge in [-0.05, 0) is 17.7 Å². The molecule has 0 atom stereocenters. The van der Waals surface area contributed by atoms with Crippen molar-refractivity contribution < 1.29 is 4.39 Å². The predicted molar refractivity (Wildman–Crippen MR) is 43.1 cm³/mol. The van der Waals surface area contributed by atoms with E-state index in [4.69, 9.17) is 0 Å². The number of hydrogen-bond acceptors (Lipinski definition) is 2. The number of nitrogens with one attached hydrogen (secondary N) is 1. The van der Waals surface area contributed by atoms with Crippen molar-refractivity contribution in [2.45, 2.75) is 0 Å². The molecule has 0 amide bonds. The first-order valence-corrected chi connectivity index (χ1v) is 3.28. The molecule has 1 N–H and O–H groups in total. The van der Waals surface area contributed by atoms with Crippen molar-refractivity contribution >= 4 is 6.21 Å². The largest absolute Gasteiger partial charge is 0.313 e. The Kier molecular flexibility index (Phi) is 2.60. The topological polar surface area (TPSA) is 24.4 Å². The molecule has 0 heterocycles. The standard InChI is InChI=1S/C8H9FN2/c1-10-11-6-7-2-4-8(9)5-3-7/h2-6,10H,1H3. The predicted octanol–water partition coefficient (Wildman–Crippen LogP) is 1.38. The van der Waals surface area contributed by atoms with E-state index in [1.54, 1.807) is 25.4 Å². The van der Waals surface area contributed by atoms with Gasteiger partial charge < -0.3 is 5.43 Å². The van der Waals surface area contributed by atoms with E-state index in [0.717, 1.165) is 5.56 Å². The van der Waals surface area contributed by atoms with Crippen LogP contribution in [-0.2, 0) is 0 Å². The third-order valence-electron chi connectivity index (χ3n) is 1.21. The fourth-order valence-electron chi connectivity index (χ4n) is 0.688. The van der Waals surface area contributed by atoms with E-state index in [1.807, 2.05) is 0 Å². The molecule has 0 aromatic heterocycles. The number of benzene rings is 1. The Morgan fingerprint density at radius 3 is 2.55 bits per heavy atom. The Morgan fingerprint density at radius 1 is 1.36 bits per heavy atom. The lowest BCUT2D eigenvalue weighted by molar-refractivity contribution is 0.628. The highest BCUT2D eigenvalue weighted by atomic mass is 19.1. The summed E-state index contributed by atoms with van der Waals surface area (Å²) in [5, 5.41) is 3.77. The highest BCUT2D eigenvalue weighted by molar-refractivity contribution is 5.79. The van der Waals surface area contributed by atoms with Crippen LogP contribution in [0.4, 0.5) is 4.39 Å². The van der Waals surface area contributed by atoms with E-state index < -0.39 is 0 Å². The van der Waals surface area contributed by atoms with Crippen molar-refractivity contribution in [3.8, 4) is 0 Å². The Hall–Kier alpha value is -1.38. The second kappa shape index (κ2) is 3.71. The van der Waals surface area contributed by atoms with Gasteiger partial charge in [-0.1, -0.05) is 12.1 Å². The first kappa shape index (κ1) is 7.72. The van der Waals surface area contributed by atoms with Crippen LogP contribution in [0.5, 0.6) is 0 Å². The van der Waals surface area contributed by atoms with Gasteiger partial charge in [-0.3, -0.25) is 0 Å². The molecule has 0 fully saturated rings. The van der Waals surface area contributed by atoms with Crippen LogP contribution in [0.15, 0.2) is 29.4 Å². The van der Waals surface area contributed by atoms with E-state index in [9.17, 15) is 4.39 Å². The van der Waals surface area contributed by atoms with Crippen molar-refractivity contribution in [2.75, 3.05) is 7.05 Å². The molecular weight excluding hydrogens is 143 g/mol. The molecule has 1 rings (SSSR count). The van der Waals surface area contributed by atoms with E-state index in [-0.39, 0.29) is 5.82 Å². The van der Waals surface area contributed by atoms with Gasteiger partial charge in [-0.2, -0.15) is 5.10 Å². The summed E-state index contributed by atoms with van der Waals surface area (Å²) < 4.78 is 12.3. The summed E-state index contributed by atoms with van der Waals surface area (Å²) in [6.45, 7) is 0. The third-order valence-corrected chi connectivity index (χ3v) is 1.21. The second-order valence-corrected chi connectivity index (χ2v) is 2.03. The molecule has 0 spiro atoms. The van der Waals surface area contributed by atoms with Crippen LogP contribution in [0.25, 0.3) is 0 Å². The highest BCUT2D eigenvalue weighted by Gasteiger charge is 1.87. The zero-order valence-corrected chi connectivity index (χ0v) is 6.21. The quantitative estimate of drug-likeness (QED) is 0.502. The molecule has 2 nitrogen and oxygen atoms in total. The summed E-state index contributed by atoms with van der Waals surface area (Å²) in [5.41, 5.74) is 3.48. The molecular formula is C8H9FN2. The van der Waals surface area contributed by atoms with Gasteiger partial charge in [0.25, 0.3) is 0 Å². The average Bonchev–Trinajstić information content (AvgIpc) is 2.04. The zero-order valence-electron chi connectivity index (χ0n) is 6.21. The minimum absolute atomic E-state index is 0.230. The van der Waals surface area contributed by atoms with Crippen LogP contribution in [0, 0.1) is 5.82 Å². The molecule has 1 aromatic rings. The zero-order chi connectivity index (χ0) is 8.10. The Balaban J connectivity index is 2.73. The summed E-state index contributed by atoms with van der Waals surface area (Å²) in [6, 6.07) is 6.13. The average molecular weight is 152 g/mol. The van der Waals surface area contributed by atoms with E-state index >= 15 is 0 Å². The Morgan fingerprint density at radius 2 is 2.00 bits per heavy atom. The maximum atomic E-state index is 12.3. The summed E-state index contributed by atoms with van der Waals surface area (Å²) in [5.74, 6) is -0.230. The lowest BCUT2D eigenvalue weighted by Gasteiger charge is -1.91. The number of rotatable bonds is 2. The van der Waals surface area contributed by atoms with Gasteiger partial charge in [0.05, 0.1) is 6.21 Å². The maximum absolute atomic E-state index is 12.3. The van der Waals surface area contributed by atoms with Crippen LogP contribution in [0.3, 0.4) is 0 Å². The van der Waals surface area contributed by atoms with Gasteiger partial charge in [0.15, 0.2) is 0 Å². The number of nitrogens with zero attached hydrogens (tertiary/aromatic N) is 1. The van der Waals surface area contributed by atoms with Crippen molar-refractivity contribution in [3.63, 3.8) is 0 Å². The fraction of sp³-hybridized carbons (Fsp3) is 0.125. The van der Waals surface area contributed by atoms with Gasteiger partial charge in [0, 0.05) is 7.05 Å². The van der Waals surface area contributed by atoms with E-state index in [0.29, 0.717) is 0 Å². The molecule has 0 unspecified atom stereocenters. The number of hydrazone groups is 1. The molecule has 11 heavy (non-hydrogen) atoms. The minimum atomic E-state index is -0.230. The lowest BCUT2D eigenvalue weighted by atomic mass is 10.2. The van der Waals surface area contributed by atoms with Gasteiger partial charge in [0.2, 0.25) is 0 Å². The van der Waals surface area contributed by atoms with Crippen LogP contribution in [0.1, 0.15) is 5.56 Å². The normalized spacial score (nSPS) is 10.4. The van der Waals surface area contributed by atoms with E-state index in [1.165, 1.54) is 12.1 Å². The molecule has 0 saturated heterocycles. The second-order valence-electron chi connectivity index (χ2n) is 2.03. The minimum Gasteiger partial charge on any atom is -0.313 e. The molecule has 0 aliphatic carbocycles. The van der Waals surface area contributed by atoms with Crippen LogP contribution < -0.4 is 5.43 Å². The molecule has 1 aromatic carbocycles. The molecule has 0 radical (unpaired) electrons. The molecule has 0 saturated carbocycles. The number of halogens is 1. The smallest absolute Gasteiger partial charge is 0.123 e. The van der Waals surface area contributed by atoms with Crippen molar-refractivity contribution in [1.82, 2.24) is 5.43 Å². The summed E-state index contributed by atoms with van der Waals surface area (Å²) >= 11 is 0. The van der Waals surface area contributed by atoms with Gasteiger partial charge >= 0.3 is 0 Å². The molecule has 58 valence electrons. The first-order valence-electron chi connectivity index (χ1n) is 3.28. The van der Waals surface area contributed by atoms with Crippen molar-refractivity contribution in [1.29, 1.82) is 0 Å². The molecule has 0 aliphatic heterocycles. The molecule has 0 bridgehead atoms. The Bertz CT molecular complexity index is 241.